The molecule has 9 rings (SSSR count). The third-order valence-corrected chi connectivity index (χ3v) is 11.2. The van der Waals surface area contributed by atoms with Gasteiger partial charge in [-0.1, -0.05) is 217 Å². The van der Waals surface area contributed by atoms with Crippen LogP contribution in [0.4, 0.5) is 0 Å². The third kappa shape index (κ3) is 6.37. The molecule has 0 saturated carbocycles. The summed E-state index contributed by atoms with van der Waals surface area (Å²) in [7, 11) is 0. The smallest absolute Gasteiger partial charge is 0.0622 e. The van der Waals surface area contributed by atoms with Crippen LogP contribution in [-0.2, 0) is 5.41 Å². The van der Waals surface area contributed by atoms with E-state index in [0.717, 1.165) is 0 Å². The Hall–Kier alpha value is -6.76. The van der Waals surface area contributed by atoms with E-state index >= 15 is 0 Å². The zero-order chi connectivity index (χ0) is 37.2. The van der Waals surface area contributed by atoms with E-state index in [4.69, 9.17) is 0 Å². The van der Waals surface area contributed by atoms with Gasteiger partial charge in [0, 0.05) is 0 Å². The van der Waals surface area contributed by atoms with Gasteiger partial charge in [0.25, 0.3) is 0 Å². The fraction of sp³-hybridized carbons (Fsp3) is 0.0545. The molecule has 0 aromatic heterocycles. The molecule has 0 bridgehead atoms. The molecular formula is C55H42. The first kappa shape index (κ1) is 34.0. The Morgan fingerprint density at radius 1 is 0.327 bits per heavy atom. The summed E-state index contributed by atoms with van der Waals surface area (Å²) < 4.78 is 0. The molecule has 0 spiro atoms. The Balaban J connectivity index is 1.18. The van der Waals surface area contributed by atoms with Crippen molar-refractivity contribution < 1.29 is 0 Å². The largest absolute Gasteiger partial charge is 0.0713 e. The lowest BCUT2D eigenvalue weighted by atomic mass is 9.67. The summed E-state index contributed by atoms with van der Waals surface area (Å²) >= 11 is 0. The molecule has 0 atom stereocenters. The quantitative estimate of drug-likeness (QED) is 0.138. The minimum atomic E-state index is -0.476. The molecule has 262 valence electrons. The second-order valence-electron chi connectivity index (χ2n) is 14.7. The van der Waals surface area contributed by atoms with Crippen molar-refractivity contribution in [2.75, 3.05) is 0 Å². The number of hydrogen-bond donors (Lipinski definition) is 0. The van der Waals surface area contributed by atoms with Gasteiger partial charge in [0.05, 0.1) is 5.41 Å². The van der Waals surface area contributed by atoms with Gasteiger partial charge in [0.15, 0.2) is 0 Å². The van der Waals surface area contributed by atoms with E-state index in [1.165, 1.54) is 89.0 Å². The fourth-order valence-corrected chi connectivity index (χ4v) is 8.38. The van der Waals surface area contributed by atoms with Crippen molar-refractivity contribution in [3.63, 3.8) is 0 Å². The van der Waals surface area contributed by atoms with Crippen LogP contribution in [0.5, 0.6) is 0 Å². The fourth-order valence-electron chi connectivity index (χ4n) is 8.38. The molecular weight excluding hydrogens is 661 g/mol. The van der Waals surface area contributed by atoms with Crippen molar-refractivity contribution in [3.8, 4) is 11.1 Å². The van der Waals surface area contributed by atoms with Gasteiger partial charge in [0.1, 0.15) is 0 Å². The number of hydrogen-bond acceptors (Lipinski definition) is 0. The molecule has 0 aliphatic heterocycles. The normalized spacial score (nSPS) is 13.3. The first-order valence-electron chi connectivity index (χ1n) is 19.2. The Kier molecular flexibility index (Phi) is 9.02. The van der Waals surface area contributed by atoms with Crippen LogP contribution in [0, 0.1) is 13.8 Å². The minimum Gasteiger partial charge on any atom is -0.0622 e. The Labute approximate surface area is 325 Å². The summed E-state index contributed by atoms with van der Waals surface area (Å²) in [6.45, 7) is 4.28. The van der Waals surface area contributed by atoms with Crippen LogP contribution in [0.3, 0.4) is 0 Å². The molecule has 0 unspecified atom stereocenters. The molecule has 8 aromatic carbocycles. The van der Waals surface area contributed by atoms with Crippen molar-refractivity contribution >= 4 is 23.3 Å². The first-order chi connectivity index (χ1) is 27.1. The number of aryl methyl sites for hydroxylation is 2. The van der Waals surface area contributed by atoms with Crippen LogP contribution in [0.1, 0.15) is 66.8 Å². The summed E-state index contributed by atoms with van der Waals surface area (Å²) in [5.41, 5.74) is 19.4. The topological polar surface area (TPSA) is 0 Å². The monoisotopic (exact) mass is 702 g/mol. The van der Waals surface area contributed by atoms with Crippen LogP contribution in [0.2, 0.25) is 0 Å². The lowest BCUT2D eigenvalue weighted by Crippen LogP contribution is -2.28. The SMILES string of the molecule is Cc1ccc(C(=Cc2ccc(C3(c4ccc(C=C(c5ccccc5)c5ccc(C)cc5)cc4)c4ccccc4-c4ccccc43)cc2)c2ccccc2)cc1. The Morgan fingerprint density at radius 3 is 1.04 bits per heavy atom. The lowest BCUT2D eigenvalue weighted by molar-refractivity contribution is 0.768. The van der Waals surface area contributed by atoms with E-state index in [0.29, 0.717) is 0 Å². The molecule has 0 fully saturated rings. The highest BCUT2D eigenvalue weighted by Gasteiger charge is 2.45. The molecule has 0 heterocycles. The molecule has 0 nitrogen and oxygen atoms in total. The highest BCUT2D eigenvalue weighted by atomic mass is 14.5. The zero-order valence-electron chi connectivity index (χ0n) is 31.3. The first-order valence-corrected chi connectivity index (χ1v) is 19.2. The van der Waals surface area contributed by atoms with Gasteiger partial charge in [0.2, 0.25) is 0 Å². The number of benzene rings is 8. The highest BCUT2D eigenvalue weighted by Crippen LogP contribution is 2.56. The Morgan fingerprint density at radius 2 is 0.655 bits per heavy atom. The summed E-state index contributed by atoms with van der Waals surface area (Å²) in [6.07, 6.45) is 4.65. The summed E-state index contributed by atoms with van der Waals surface area (Å²) in [5, 5.41) is 0. The van der Waals surface area contributed by atoms with Gasteiger partial charge in [-0.3, -0.25) is 0 Å². The molecule has 0 radical (unpaired) electrons. The van der Waals surface area contributed by atoms with E-state index in [-0.39, 0.29) is 0 Å². The van der Waals surface area contributed by atoms with Crippen LogP contribution >= 0.6 is 0 Å². The third-order valence-electron chi connectivity index (χ3n) is 11.2. The van der Waals surface area contributed by atoms with Gasteiger partial charge in [-0.2, -0.15) is 0 Å². The zero-order valence-corrected chi connectivity index (χ0v) is 31.3. The van der Waals surface area contributed by atoms with E-state index in [1.807, 2.05) is 0 Å². The van der Waals surface area contributed by atoms with E-state index in [2.05, 4.69) is 232 Å². The average Bonchev–Trinajstić information content (AvgIpc) is 3.55. The molecule has 0 saturated heterocycles. The van der Waals surface area contributed by atoms with Gasteiger partial charge >= 0.3 is 0 Å². The van der Waals surface area contributed by atoms with Crippen LogP contribution in [0.15, 0.2) is 206 Å². The van der Waals surface area contributed by atoms with Crippen molar-refractivity contribution in [1.29, 1.82) is 0 Å². The lowest BCUT2D eigenvalue weighted by Gasteiger charge is -2.34. The molecule has 0 amide bonds. The number of rotatable bonds is 8. The van der Waals surface area contributed by atoms with Crippen LogP contribution in [0.25, 0.3) is 34.4 Å². The maximum atomic E-state index is 2.35. The van der Waals surface area contributed by atoms with Crippen LogP contribution in [-0.4, -0.2) is 0 Å². The highest BCUT2D eigenvalue weighted by molar-refractivity contribution is 5.93. The number of fused-ring (bicyclic) bond motifs is 3. The standard InChI is InChI=1S/C55H42/c1-39-21-29-45(30-22-39)51(43-13-5-3-6-14-43)37-41-25-33-47(34-26-41)55(53-19-11-9-17-49(53)50-18-10-12-20-54(50)55)48-35-27-42(28-36-48)38-52(44-15-7-4-8-16-44)46-31-23-40(2)24-32-46/h3-38H,1-2H3. The molecule has 8 aromatic rings. The van der Waals surface area contributed by atoms with Crippen molar-refractivity contribution in [2.24, 2.45) is 0 Å². The second-order valence-corrected chi connectivity index (χ2v) is 14.7. The van der Waals surface area contributed by atoms with Crippen molar-refractivity contribution in [3.05, 3.63) is 273 Å². The van der Waals surface area contributed by atoms with Gasteiger partial charge in [-0.15, -0.1) is 0 Å². The second kappa shape index (κ2) is 14.6. The maximum Gasteiger partial charge on any atom is 0.0713 e. The van der Waals surface area contributed by atoms with Crippen molar-refractivity contribution in [2.45, 2.75) is 19.3 Å². The van der Waals surface area contributed by atoms with Gasteiger partial charge in [-0.25, -0.2) is 0 Å². The van der Waals surface area contributed by atoms with E-state index in [9.17, 15) is 0 Å². The summed E-state index contributed by atoms with van der Waals surface area (Å²) in [4.78, 5) is 0. The van der Waals surface area contributed by atoms with Gasteiger partial charge in [-0.05, 0) is 104 Å². The predicted octanol–water partition coefficient (Wildman–Crippen LogP) is 13.8. The summed E-state index contributed by atoms with van der Waals surface area (Å²) in [6, 6.07) is 75.6. The molecule has 1 aliphatic carbocycles. The van der Waals surface area contributed by atoms with E-state index < -0.39 is 5.41 Å². The molecule has 0 N–H and O–H groups in total. The molecule has 55 heavy (non-hydrogen) atoms. The molecule has 0 heteroatoms. The predicted molar refractivity (Wildman–Crippen MR) is 233 cm³/mol. The van der Waals surface area contributed by atoms with Crippen LogP contribution < -0.4 is 0 Å². The Bertz CT molecular complexity index is 2450. The van der Waals surface area contributed by atoms with Crippen molar-refractivity contribution in [1.82, 2.24) is 0 Å². The summed E-state index contributed by atoms with van der Waals surface area (Å²) in [5.74, 6) is 0. The van der Waals surface area contributed by atoms with E-state index in [1.54, 1.807) is 0 Å². The minimum absolute atomic E-state index is 0.476. The average molecular weight is 703 g/mol. The maximum absolute atomic E-state index is 2.35. The van der Waals surface area contributed by atoms with Gasteiger partial charge < -0.3 is 0 Å². The molecule has 1 aliphatic rings.